The standard InChI is InChI=1S/C15H23BrN2O2/c1-11(2)18-10-12(16)9-14(18)15(20)17(7-4-8-19)13-5-3-6-13/h9-11,13,19H,3-8H2,1-2H3. The number of aliphatic hydroxyl groups excluding tert-OH is 1. The zero-order valence-corrected chi connectivity index (χ0v) is 13.8. The number of hydrogen-bond acceptors (Lipinski definition) is 2. The predicted octanol–water partition coefficient (Wildman–Crippen LogP) is 3.21. The minimum atomic E-state index is 0.0857. The van der Waals surface area contributed by atoms with Gasteiger partial charge in [-0.2, -0.15) is 0 Å². The summed E-state index contributed by atoms with van der Waals surface area (Å²) in [5.74, 6) is 0.0857. The number of carbonyl (C=O) groups is 1. The van der Waals surface area contributed by atoms with Crippen molar-refractivity contribution in [3.8, 4) is 0 Å². The molecule has 0 atom stereocenters. The Hall–Kier alpha value is -0.810. The van der Waals surface area contributed by atoms with Crippen LogP contribution in [-0.4, -0.2) is 39.7 Å². The number of halogens is 1. The largest absolute Gasteiger partial charge is 0.396 e. The number of rotatable bonds is 6. The van der Waals surface area contributed by atoms with Crippen LogP contribution in [0.5, 0.6) is 0 Å². The molecule has 1 fully saturated rings. The van der Waals surface area contributed by atoms with E-state index in [1.54, 1.807) is 0 Å². The van der Waals surface area contributed by atoms with E-state index in [-0.39, 0.29) is 18.6 Å². The normalized spacial score (nSPS) is 15.4. The first-order valence-corrected chi connectivity index (χ1v) is 8.13. The van der Waals surface area contributed by atoms with Gasteiger partial charge >= 0.3 is 0 Å². The fourth-order valence-corrected chi connectivity index (χ4v) is 3.02. The summed E-state index contributed by atoms with van der Waals surface area (Å²) in [6, 6.07) is 2.50. The first-order valence-electron chi connectivity index (χ1n) is 7.33. The van der Waals surface area contributed by atoms with E-state index >= 15 is 0 Å². The van der Waals surface area contributed by atoms with Gasteiger partial charge < -0.3 is 14.6 Å². The highest BCUT2D eigenvalue weighted by molar-refractivity contribution is 9.10. The van der Waals surface area contributed by atoms with Crippen molar-refractivity contribution in [2.45, 2.75) is 51.6 Å². The minimum absolute atomic E-state index is 0.0857. The van der Waals surface area contributed by atoms with E-state index in [1.165, 1.54) is 6.42 Å². The van der Waals surface area contributed by atoms with Gasteiger partial charge in [0.25, 0.3) is 5.91 Å². The highest BCUT2D eigenvalue weighted by atomic mass is 79.9. The molecule has 0 bridgehead atoms. The lowest BCUT2D eigenvalue weighted by Gasteiger charge is -2.37. The molecular weight excluding hydrogens is 320 g/mol. The SMILES string of the molecule is CC(C)n1cc(Br)cc1C(=O)N(CCCO)C1CCC1. The molecule has 20 heavy (non-hydrogen) atoms. The summed E-state index contributed by atoms with van der Waals surface area (Å²) < 4.78 is 2.95. The molecule has 1 N–H and O–H groups in total. The number of aliphatic hydroxyl groups is 1. The van der Waals surface area contributed by atoms with Gasteiger partial charge in [-0.05, 0) is 61.5 Å². The molecule has 1 aromatic heterocycles. The molecule has 5 heteroatoms. The summed E-state index contributed by atoms with van der Waals surface area (Å²) >= 11 is 3.46. The Labute approximate surface area is 128 Å². The van der Waals surface area contributed by atoms with E-state index in [1.807, 2.05) is 21.7 Å². The maximum Gasteiger partial charge on any atom is 0.270 e. The van der Waals surface area contributed by atoms with Gasteiger partial charge in [0.15, 0.2) is 0 Å². The molecule has 1 saturated carbocycles. The number of carbonyl (C=O) groups excluding carboxylic acids is 1. The van der Waals surface area contributed by atoms with Crippen LogP contribution in [0.1, 0.15) is 56.1 Å². The first kappa shape index (κ1) is 15.6. The van der Waals surface area contributed by atoms with Crippen LogP contribution in [0.3, 0.4) is 0 Å². The highest BCUT2D eigenvalue weighted by Crippen LogP contribution is 2.28. The van der Waals surface area contributed by atoms with Crippen LogP contribution in [-0.2, 0) is 0 Å². The zero-order chi connectivity index (χ0) is 14.7. The lowest BCUT2D eigenvalue weighted by atomic mass is 9.91. The van der Waals surface area contributed by atoms with E-state index in [9.17, 15) is 4.79 Å². The van der Waals surface area contributed by atoms with Gasteiger partial charge in [-0.15, -0.1) is 0 Å². The number of nitrogens with zero attached hydrogens (tertiary/aromatic N) is 2. The predicted molar refractivity (Wildman–Crippen MR) is 82.9 cm³/mol. The molecule has 1 aliphatic rings. The van der Waals surface area contributed by atoms with E-state index in [0.29, 0.717) is 19.0 Å². The molecule has 0 aliphatic heterocycles. The van der Waals surface area contributed by atoms with Crippen molar-refractivity contribution in [1.82, 2.24) is 9.47 Å². The van der Waals surface area contributed by atoms with Crippen molar-refractivity contribution >= 4 is 21.8 Å². The molecule has 1 aliphatic carbocycles. The Morgan fingerprint density at radius 1 is 1.55 bits per heavy atom. The van der Waals surface area contributed by atoms with E-state index in [2.05, 4.69) is 29.8 Å². The third kappa shape index (κ3) is 3.26. The Balaban J connectivity index is 2.21. The van der Waals surface area contributed by atoms with Gasteiger partial charge in [-0.1, -0.05) is 0 Å². The van der Waals surface area contributed by atoms with Gasteiger partial charge in [0, 0.05) is 35.9 Å². The quantitative estimate of drug-likeness (QED) is 0.862. The average molecular weight is 343 g/mol. The Morgan fingerprint density at radius 2 is 2.25 bits per heavy atom. The zero-order valence-electron chi connectivity index (χ0n) is 12.2. The van der Waals surface area contributed by atoms with E-state index in [4.69, 9.17) is 5.11 Å². The molecule has 0 unspecified atom stereocenters. The van der Waals surface area contributed by atoms with Crippen LogP contribution in [0.25, 0.3) is 0 Å². The third-order valence-corrected chi connectivity index (χ3v) is 4.36. The number of hydrogen-bond donors (Lipinski definition) is 1. The Kier molecular flexibility index (Phi) is 5.27. The minimum Gasteiger partial charge on any atom is -0.396 e. The molecule has 112 valence electrons. The number of aromatic nitrogens is 1. The smallest absolute Gasteiger partial charge is 0.270 e. The Morgan fingerprint density at radius 3 is 2.75 bits per heavy atom. The fraction of sp³-hybridized carbons (Fsp3) is 0.667. The van der Waals surface area contributed by atoms with Gasteiger partial charge in [-0.3, -0.25) is 4.79 Å². The molecule has 1 amide bonds. The summed E-state index contributed by atoms with van der Waals surface area (Å²) in [5.41, 5.74) is 0.733. The Bertz CT molecular complexity index is 466. The van der Waals surface area contributed by atoms with Gasteiger partial charge in [-0.25, -0.2) is 0 Å². The van der Waals surface area contributed by atoms with Gasteiger partial charge in [0.05, 0.1) is 0 Å². The van der Waals surface area contributed by atoms with Crippen molar-refractivity contribution in [3.05, 3.63) is 22.4 Å². The second-order valence-electron chi connectivity index (χ2n) is 5.71. The third-order valence-electron chi connectivity index (χ3n) is 3.92. The molecule has 0 radical (unpaired) electrons. The second-order valence-corrected chi connectivity index (χ2v) is 6.62. The molecule has 2 rings (SSSR count). The maximum absolute atomic E-state index is 12.8. The number of amides is 1. The van der Waals surface area contributed by atoms with E-state index in [0.717, 1.165) is 23.0 Å². The highest BCUT2D eigenvalue weighted by Gasteiger charge is 2.30. The molecule has 1 aromatic rings. The van der Waals surface area contributed by atoms with E-state index < -0.39 is 0 Å². The molecule has 1 heterocycles. The lowest BCUT2D eigenvalue weighted by Crippen LogP contribution is -2.45. The molecular formula is C15H23BrN2O2. The lowest BCUT2D eigenvalue weighted by molar-refractivity contribution is 0.0550. The maximum atomic E-state index is 12.8. The monoisotopic (exact) mass is 342 g/mol. The van der Waals surface area contributed by atoms with Crippen LogP contribution in [0.2, 0.25) is 0 Å². The molecule has 0 saturated heterocycles. The average Bonchev–Trinajstić information content (AvgIpc) is 2.73. The van der Waals surface area contributed by atoms with Gasteiger partial charge in [0.1, 0.15) is 5.69 Å². The van der Waals surface area contributed by atoms with Crippen molar-refractivity contribution in [2.24, 2.45) is 0 Å². The van der Waals surface area contributed by atoms with Crippen LogP contribution < -0.4 is 0 Å². The second kappa shape index (κ2) is 6.76. The van der Waals surface area contributed by atoms with Crippen LogP contribution in [0.4, 0.5) is 0 Å². The summed E-state index contributed by atoms with van der Waals surface area (Å²) in [6.07, 6.45) is 5.97. The van der Waals surface area contributed by atoms with Crippen molar-refractivity contribution in [3.63, 3.8) is 0 Å². The van der Waals surface area contributed by atoms with Gasteiger partial charge in [0.2, 0.25) is 0 Å². The summed E-state index contributed by atoms with van der Waals surface area (Å²) in [6.45, 7) is 4.92. The van der Waals surface area contributed by atoms with Crippen molar-refractivity contribution in [2.75, 3.05) is 13.2 Å². The van der Waals surface area contributed by atoms with Crippen LogP contribution in [0.15, 0.2) is 16.7 Å². The summed E-state index contributed by atoms with van der Waals surface area (Å²) in [7, 11) is 0. The first-order chi connectivity index (χ1) is 9.54. The summed E-state index contributed by atoms with van der Waals surface area (Å²) in [5, 5.41) is 9.04. The topological polar surface area (TPSA) is 45.5 Å². The fourth-order valence-electron chi connectivity index (χ4n) is 2.58. The van der Waals surface area contributed by atoms with Crippen LogP contribution >= 0.6 is 15.9 Å². The molecule has 4 nitrogen and oxygen atoms in total. The molecule has 0 spiro atoms. The summed E-state index contributed by atoms with van der Waals surface area (Å²) in [4.78, 5) is 14.8. The molecule has 0 aromatic carbocycles. The van der Waals surface area contributed by atoms with Crippen LogP contribution in [0, 0.1) is 0 Å². The van der Waals surface area contributed by atoms with Crippen molar-refractivity contribution < 1.29 is 9.90 Å². The van der Waals surface area contributed by atoms with Crippen molar-refractivity contribution in [1.29, 1.82) is 0 Å².